The number of nitrogen functional groups attached to an aromatic ring is 1. The van der Waals surface area contributed by atoms with Crippen LogP contribution in [0.2, 0.25) is 0 Å². The van der Waals surface area contributed by atoms with Crippen LogP contribution in [0.3, 0.4) is 0 Å². The highest BCUT2D eigenvalue weighted by atomic mass is 16.5. The van der Waals surface area contributed by atoms with Crippen molar-refractivity contribution in [1.82, 2.24) is 15.0 Å². The Kier molecular flexibility index (Phi) is 3.05. The van der Waals surface area contributed by atoms with Crippen LogP contribution in [-0.2, 0) is 6.54 Å². The van der Waals surface area contributed by atoms with Crippen LogP contribution < -0.4 is 10.5 Å². The molecule has 16 heavy (non-hydrogen) atoms. The summed E-state index contributed by atoms with van der Waals surface area (Å²) in [7, 11) is 0. The van der Waals surface area contributed by atoms with Gasteiger partial charge < -0.3 is 10.5 Å². The Morgan fingerprint density at radius 2 is 2.06 bits per heavy atom. The Hall–Kier alpha value is -2.04. The second-order valence-electron chi connectivity index (χ2n) is 3.57. The van der Waals surface area contributed by atoms with Gasteiger partial charge in [0.25, 0.3) is 0 Å². The van der Waals surface area contributed by atoms with E-state index in [1.165, 1.54) is 5.56 Å². The molecule has 0 aliphatic carbocycles. The van der Waals surface area contributed by atoms with Crippen molar-refractivity contribution in [1.29, 1.82) is 0 Å². The van der Waals surface area contributed by atoms with Gasteiger partial charge in [-0.2, -0.15) is 0 Å². The quantitative estimate of drug-likeness (QED) is 0.838. The number of aryl methyl sites for hydroxylation is 1. The van der Waals surface area contributed by atoms with Crippen molar-refractivity contribution in [2.75, 3.05) is 12.3 Å². The van der Waals surface area contributed by atoms with Gasteiger partial charge in [-0.25, -0.2) is 4.68 Å². The number of hydrogen-bond donors (Lipinski definition) is 1. The molecule has 2 rings (SSSR count). The molecule has 0 aliphatic rings. The van der Waals surface area contributed by atoms with Gasteiger partial charge in [0.1, 0.15) is 12.4 Å². The van der Waals surface area contributed by atoms with E-state index in [-0.39, 0.29) is 0 Å². The van der Waals surface area contributed by atoms with E-state index in [0.29, 0.717) is 19.0 Å². The third-order valence-electron chi connectivity index (χ3n) is 2.17. The van der Waals surface area contributed by atoms with Crippen LogP contribution >= 0.6 is 0 Å². The van der Waals surface area contributed by atoms with Gasteiger partial charge in [0.2, 0.25) is 0 Å². The number of ether oxygens (including phenoxy) is 1. The molecule has 1 aromatic heterocycles. The lowest BCUT2D eigenvalue weighted by molar-refractivity contribution is 0.289. The molecule has 84 valence electrons. The van der Waals surface area contributed by atoms with Gasteiger partial charge in [-0.1, -0.05) is 22.9 Å². The molecule has 0 fully saturated rings. The van der Waals surface area contributed by atoms with Crippen LogP contribution in [-0.4, -0.2) is 21.6 Å². The summed E-state index contributed by atoms with van der Waals surface area (Å²) in [6, 6.07) is 7.93. The van der Waals surface area contributed by atoms with Gasteiger partial charge in [-0.3, -0.25) is 0 Å². The highest BCUT2D eigenvalue weighted by molar-refractivity contribution is 5.26. The minimum atomic E-state index is 0.426. The van der Waals surface area contributed by atoms with E-state index in [0.717, 1.165) is 5.75 Å². The van der Waals surface area contributed by atoms with Crippen LogP contribution in [0, 0.1) is 6.92 Å². The van der Waals surface area contributed by atoms with E-state index in [4.69, 9.17) is 10.5 Å². The van der Waals surface area contributed by atoms with Crippen LogP contribution in [0.4, 0.5) is 5.82 Å². The predicted molar refractivity (Wildman–Crippen MR) is 61.1 cm³/mol. The van der Waals surface area contributed by atoms with E-state index in [1.807, 2.05) is 31.2 Å². The first-order chi connectivity index (χ1) is 7.74. The number of nitrogens with two attached hydrogens (primary N) is 1. The highest BCUT2D eigenvalue weighted by Gasteiger charge is 1.97. The SMILES string of the molecule is Cc1ccc(OCCn2cc(N)nn2)cc1. The first kappa shape index (κ1) is 10.5. The van der Waals surface area contributed by atoms with E-state index in [2.05, 4.69) is 10.3 Å². The first-order valence-corrected chi connectivity index (χ1v) is 5.09. The van der Waals surface area contributed by atoms with E-state index >= 15 is 0 Å². The summed E-state index contributed by atoms with van der Waals surface area (Å²) in [5.74, 6) is 1.29. The van der Waals surface area contributed by atoms with Crippen LogP contribution in [0.15, 0.2) is 30.5 Å². The molecule has 0 saturated heterocycles. The molecule has 0 saturated carbocycles. The topological polar surface area (TPSA) is 66.0 Å². The monoisotopic (exact) mass is 218 g/mol. The second kappa shape index (κ2) is 4.65. The summed E-state index contributed by atoms with van der Waals surface area (Å²) < 4.78 is 7.20. The molecule has 2 N–H and O–H groups in total. The Labute approximate surface area is 93.8 Å². The molecule has 0 atom stereocenters. The Bertz CT molecular complexity index is 449. The van der Waals surface area contributed by atoms with Crippen molar-refractivity contribution in [2.45, 2.75) is 13.5 Å². The third-order valence-corrected chi connectivity index (χ3v) is 2.17. The number of anilines is 1. The average molecular weight is 218 g/mol. The lowest BCUT2D eigenvalue weighted by Crippen LogP contribution is -2.08. The fourth-order valence-corrected chi connectivity index (χ4v) is 1.31. The smallest absolute Gasteiger partial charge is 0.165 e. The Morgan fingerprint density at radius 3 is 2.69 bits per heavy atom. The van der Waals surface area contributed by atoms with Gasteiger partial charge in [0.05, 0.1) is 12.7 Å². The normalized spacial score (nSPS) is 10.3. The summed E-state index contributed by atoms with van der Waals surface area (Å²) in [4.78, 5) is 0. The van der Waals surface area contributed by atoms with Crippen molar-refractivity contribution < 1.29 is 4.74 Å². The summed E-state index contributed by atoms with van der Waals surface area (Å²) in [6.45, 7) is 3.23. The number of aromatic nitrogens is 3. The second-order valence-corrected chi connectivity index (χ2v) is 3.57. The van der Waals surface area contributed by atoms with Crippen molar-refractivity contribution in [3.05, 3.63) is 36.0 Å². The number of rotatable bonds is 4. The van der Waals surface area contributed by atoms with Gasteiger partial charge in [-0.15, -0.1) is 5.10 Å². The Balaban J connectivity index is 1.82. The van der Waals surface area contributed by atoms with Gasteiger partial charge >= 0.3 is 0 Å². The molecule has 0 aliphatic heterocycles. The number of hydrogen-bond acceptors (Lipinski definition) is 4. The zero-order valence-electron chi connectivity index (χ0n) is 9.13. The maximum Gasteiger partial charge on any atom is 0.165 e. The zero-order valence-corrected chi connectivity index (χ0v) is 9.13. The molecule has 1 heterocycles. The maximum absolute atomic E-state index is 5.54. The molecule has 0 amide bonds. The molecule has 5 nitrogen and oxygen atoms in total. The molecule has 0 unspecified atom stereocenters. The molecule has 1 aromatic carbocycles. The summed E-state index contributed by atoms with van der Waals surface area (Å²) in [6.07, 6.45) is 1.68. The minimum absolute atomic E-state index is 0.426. The zero-order chi connectivity index (χ0) is 11.4. The maximum atomic E-state index is 5.54. The van der Waals surface area contributed by atoms with Crippen molar-refractivity contribution in [2.24, 2.45) is 0 Å². The summed E-state index contributed by atoms with van der Waals surface area (Å²) >= 11 is 0. The van der Waals surface area contributed by atoms with Crippen LogP contribution in [0.5, 0.6) is 5.75 Å². The van der Waals surface area contributed by atoms with Crippen molar-refractivity contribution >= 4 is 5.82 Å². The average Bonchev–Trinajstić information content (AvgIpc) is 2.67. The minimum Gasteiger partial charge on any atom is -0.492 e. The molecular formula is C11H14N4O. The molecule has 5 heteroatoms. The number of benzene rings is 1. The third kappa shape index (κ3) is 2.73. The van der Waals surface area contributed by atoms with Gasteiger partial charge in [0.15, 0.2) is 5.82 Å². The molecule has 0 spiro atoms. The highest BCUT2D eigenvalue weighted by Crippen LogP contribution is 2.11. The van der Waals surface area contributed by atoms with E-state index < -0.39 is 0 Å². The fourth-order valence-electron chi connectivity index (χ4n) is 1.31. The summed E-state index contributed by atoms with van der Waals surface area (Å²) in [5.41, 5.74) is 6.66. The largest absolute Gasteiger partial charge is 0.492 e. The van der Waals surface area contributed by atoms with E-state index in [1.54, 1.807) is 10.9 Å². The van der Waals surface area contributed by atoms with Crippen molar-refractivity contribution in [3.8, 4) is 5.75 Å². The predicted octanol–water partition coefficient (Wildman–Crippen LogP) is 1.25. The molecular weight excluding hydrogens is 204 g/mol. The molecule has 0 radical (unpaired) electrons. The summed E-state index contributed by atoms with van der Waals surface area (Å²) in [5, 5.41) is 7.51. The lowest BCUT2D eigenvalue weighted by Gasteiger charge is -2.05. The molecule has 0 bridgehead atoms. The fraction of sp³-hybridized carbons (Fsp3) is 0.273. The lowest BCUT2D eigenvalue weighted by atomic mass is 10.2. The van der Waals surface area contributed by atoms with Crippen LogP contribution in [0.25, 0.3) is 0 Å². The van der Waals surface area contributed by atoms with Gasteiger partial charge in [-0.05, 0) is 19.1 Å². The van der Waals surface area contributed by atoms with Crippen LogP contribution in [0.1, 0.15) is 5.56 Å². The van der Waals surface area contributed by atoms with Crippen molar-refractivity contribution in [3.63, 3.8) is 0 Å². The molecule has 2 aromatic rings. The van der Waals surface area contributed by atoms with Gasteiger partial charge in [0, 0.05) is 0 Å². The number of nitrogens with zero attached hydrogens (tertiary/aromatic N) is 3. The van der Waals surface area contributed by atoms with E-state index in [9.17, 15) is 0 Å². The Morgan fingerprint density at radius 1 is 1.31 bits per heavy atom. The standard InChI is InChI=1S/C11H14N4O/c1-9-2-4-10(5-3-9)16-7-6-15-8-11(12)13-14-15/h2-5,8H,6-7,12H2,1H3. The first-order valence-electron chi connectivity index (χ1n) is 5.09.